The highest BCUT2D eigenvalue weighted by Crippen LogP contribution is 2.31. The van der Waals surface area contributed by atoms with Crippen molar-refractivity contribution in [1.82, 2.24) is 4.90 Å². The van der Waals surface area contributed by atoms with Crippen LogP contribution in [0.25, 0.3) is 6.08 Å². The largest absolute Gasteiger partial charge is 0.497 e. The Kier molecular flexibility index (Phi) is 6.65. The fourth-order valence-electron chi connectivity index (χ4n) is 4.13. The van der Waals surface area contributed by atoms with Gasteiger partial charge in [-0.3, -0.25) is 14.5 Å². The lowest BCUT2D eigenvalue weighted by Gasteiger charge is -2.20. The number of esters is 1. The summed E-state index contributed by atoms with van der Waals surface area (Å²) >= 11 is 5.61. The Balaban J connectivity index is 1.70. The molecule has 0 radical (unpaired) electrons. The number of nitrogens with zero attached hydrogens (tertiary/aromatic N) is 3. The maximum Gasteiger partial charge on any atom is 0.325 e. The molecule has 0 aliphatic carbocycles. The number of anilines is 2. The Morgan fingerprint density at radius 2 is 1.73 bits per heavy atom. The summed E-state index contributed by atoms with van der Waals surface area (Å²) in [7, 11) is 2.89. The molecular formula is C25H27N3O4S. The zero-order valence-corrected chi connectivity index (χ0v) is 19.9. The Labute approximate surface area is 199 Å². The number of methoxy groups -OCH3 is 2. The van der Waals surface area contributed by atoms with Gasteiger partial charge in [-0.15, -0.1) is 0 Å². The highest BCUT2D eigenvalue weighted by atomic mass is 32.1. The second-order valence-electron chi connectivity index (χ2n) is 8.05. The topological polar surface area (TPSA) is 62.3 Å². The molecule has 7 nitrogen and oxygen atoms in total. The first-order valence-corrected chi connectivity index (χ1v) is 11.3. The SMILES string of the molecule is COC(=O)CN1C(=S)N(c2ccc(OC)cc2)C(=O)/C1=C/c1ccc(N2CCCC2)cc1C. The molecule has 8 heteroatoms. The lowest BCUT2D eigenvalue weighted by Crippen LogP contribution is -2.35. The number of amides is 1. The molecule has 2 heterocycles. The molecule has 0 N–H and O–H groups in total. The molecule has 1 amide bonds. The Hall–Kier alpha value is -3.39. The number of benzene rings is 2. The van der Waals surface area contributed by atoms with Gasteiger partial charge in [-0.2, -0.15) is 0 Å². The smallest absolute Gasteiger partial charge is 0.325 e. The number of hydrogen-bond acceptors (Lipinski definition) is 6. The van der Waals surface area contributed by atoms with Gasteiger partial charge in [0, 0.05) is 18.8 Å². The molecule has 2 fully saturated rings. The van der Waals surface area contributed by atoms with E-state index in [2.05, 4.69) is 17.0 Å². The fraction of sp³-hybridized carbons (Fsp3) is 0.320. The molecule has 0 bridgehead atoms. The van der Waals surface area contributed by atoms with Crippen LogP contribution in [0.4, 0.5) is 11.4 Å². The molecule has 0 saturated carbocycles. The predicted molar refractivity (Wildman–Crippen MR) is 132 cm³/mol. The number of carbonyl (C=O) groups is 2. The van der Waals surface area contributed by atoms with E-state index in [0.29, 0.717) is 17.1 Å². The molecule has 2 aromatic carbocycles. The summed E-state index contributed by atoms with van der Waals surface area (Å²) in [6.07, 6.45) is 4.21. The van der Waals surface area contributed by atoms with Crippen molar-refractivity contribution >= 4 is 46.7 Å². The van der Waals surface area contributed by atoms with Gasteiger partial charge in [0.15, 0.2) is 5.11 Å². The van der Waals surface area contributed by atoms with Crippen molar-refractivity contribution in [2.75, 3.05) is 43.7 Å². The van der Waals surface area contributed by atoms with E-state index in [1.807, 2.05) is 13.0 Å². The number of ether oxygens (including phenoxy) is 2. The minimum absolute atomic E-state index is 0.148. The van der Waals surface area contributed by atoms with Crippen molar-refractivity contribution in [1.29, 1.82) is 0 Å². The van der Waals surface area contributed by atoms with E-state index in [9.17, 15) is 9.59 Å². The van der Waals surface area contributed by atoms with Crippen LogP contribution in [0, 0.1) is 6.92 Å². The van der Waals surface area contributed by atoms with E-state index in [1.165, 1.54) is 35.4 Å². The molecule has 172 valence electrons. The molecule has 0 unspecified atom stereocenters. The molecule has 2 aliphatic rings. The average Bonchev–Trinajstić information content (AvgIpc) is 3.44. The maximum absolute atomic E-state index is 13.5. The van der Waals surface area contributed by atoms with Gasteiger partial charge in [0.05, 0.1) is 19.9 Å². The monoisotopic (exact) mass is 465 g/mol. The van der Waals surface area contributed by atoms with Crippen LogP contribution in [0.2, 0.25) is 0 Å². The second kappa shape index (κ2) is 9.62. The van der Waals surface area contributed by atoms with Crippen molar-refractivity contribution < 1.29 is 19.1 Å². The van der Waals surface area contributed by atoms with Crippen LogP contribution >= 0.6 is 12.2 Å². The summed E-state index contributed by atoms with van der Waals surface area (Å²) in [6.45, 7) is 4.01. The van der Waals surface area contributed by atoms with Crippen molar-refractivity contribution in [3.05, 3.63) is 59.3 Å². The number of aryl methyl sites for hydroxylation is 1. The minimum atomic E-state index is -0.478. The lowest BCUT2D eigenvalue weighted by atomic mass is 10.1. The number of carbonyl (C=O) groups excluding carboxylic acids is 2. The summed E-state index contributed by atoms with van der Waals surface area (Å²) in [4.78, 5) is 30.9. The number of rotatable bonds is 6. The molecule has 0 aromatic heterocycles. The van der Waals surface area contributed by atoms with Crippen LogP contribution in [0.5, 0.6) is 5.75 Å². The standard InChI is InChI=1S/C25H27N3O4S/c1-17-14-20(26-12-4-5-13-26)7-6-18(17)15-22-24(30)28(19-8-10-21(31-2)11-9-19)25(33)27(22)16-23(29)32-3/h6-11,14-15H,4-5,12-13,16H2,1-3H3/b22-15-. The van der Waals surface area contributed by atoms with Gasteiger partial charge in [-0.05, 0) is 85.6 Å². The Bertz CT molecular complexity index is 1110. The summed E-state index contributed by atoms with van der Waals surface area (Å²) in [5.41, 5.74) is 4.07. The first-order valence-electron chi connectivity index (χ1n) is 10.9. The molecular weight excluding hydrogens is 438 g/mol. The van der Waals surface area contributed by atoms with E-state index in [1.54, 1.807) is 37.5 Å². The van der Waals surface area contributed by atoms with Crippen molar-refractivity contribution in [2.45, 2.75) is 19.8 Å². The Morgan fingerprint density at radius 1 is 1.06 bits per heavy atom. The van der Waals surface area contributed by atoms with Gasteiger partial charge in [0.25, 0.3) is 5.91 Å². The first-order chi connectivity index (χ1) is 15.9. The zero-order valence-electron chi connectivity index (χ0n) is 19.0. The van der Waals surface area contributed by atoms with Gasteiger partial charge in [-0.25, -0.2) is 0 Å². The zero-order chi connectivity index (χ0) is 23.5. The number of hydrogen-bond donors (Lipinski definition) is 0. The van der Waals surface area contributed by atoms with E-state index in [4.69, 9.17) is 21.7 Å². The molecule has 33 heavy (non-hydrogen) atoms. The third-order valence-corrected chi connectivity index (χ3v) is 6.40. The fourth-order valence-corrected chi connectivity index (χ4v) is 4.48. The molecule has 2 saturated heterocycles. The highest BCUT2D eigenvalue weighted by molar-refractivity contribution is 7.80. The Morgan fingerprint density at radius 3 is 2.33 bits per heavy atom. The normalized spacial score (nSPS) is 17.3. The summed E-state index contributed by atoms with van der Waals surface area (Å²) < 4.78 is 10.1. The van der Waals surface area contributed by atoms with Gasteiger partial charge < -0.3 is 19.3 Å². The van der Waals surface area contributed by atoms with Crippen LogP contribution in [0.3, 0.4) is 0 Å². The van der Waals surface area contributed by atoms with Crippen LogP contribution in [-0.4, -0.2) is 55.7 Å². The molecule has 4 rings (SSSR count). The molecule has 0 atom stereocenters. The summed E-state index contributed by atoms with van der Waals surface area (Å²) in [5, 5.41) is 0.230. The van der Waals surface area contributed by atoms with E-state index in [0.717, 1.165) is 24.2 Å². The lowest BCUT2D eigenvalue weighted by molar-refractivity contribution is -0.140. The maximum atomic E-state index is 13.5. The first kappa shape index (κ1) is 22.8. The van der Waals surface area contributed by atoms with Crippen molar-refractivity contribution in [2.24, 2.45) is 0 Å². The van der Waals surface area contributed by atoms with Crippen molar-refractivity contribution in [3.8, 4) is 5.75 Å². The second-order valence-corrected chi connectivity index (χ2v) is 8.41. The molecule has 0 spiro atoms. The van der Waals surface area contributed by atoms with Gasteiger partial charge >= 0.3 is 5.97 Å². The molecule has 2 aliphatic heterocycles. The number of thiocarbonyl (C=S) groups is 1. The average molecular weight is 466 g/mol. The van der Waals surface area contributed by atoms with Gasteiger partial charge in [0.1, 0.15) is 18.0 Å². The van der Waals surface area contributed by atoms with Crippen LogP contribution in [0.1, 0.15) is 24.0 Å². The van der Waals surface area contributed by atoms with Crippen LogP contribution in [0.15, 0.2) is 48.2 Å². The highest BCUT2D eigenvalue weighted by Gasteiger charge is 2.40. The van der Waals surface area contributed by atoms with Crippen molar-refractivity contribution in [3.63, 3.8) is 0 Å². The predicted octanol–water partition coefficient (Wildman–Crippen LogP) is 3.75. The van der Waals surface area contributed by atoms with E-state index >= 15 is 0 Å². The quantitative estimate of drug-likeness (QED) is 0.366. The van der Waals surface area contributed by atoms with E-state index in [-0.39, 0.29) is 17.6 Å². The summed E-state index contributed by atoms with van der Waals surface area (Å²) in [6, 6.07) is 13.3. The minimum Gasteiger partial charge on any atom is -0.497 e. The van der Waals surface area contributed by atoms with Crippen LogP contribution < -0.4 is 14.5 Å². The van der Waals surface area contributed by atoms with E-state index < -0.39 is 5.97 Å². The third-order valence-electron chi connectivity index (χ3n) is 6.00. The van der Waals surface area contributed by atoms with Gasteiger partial charge in [0.2, 0.25) is 0 Å². The third kappa shape index (κ3) is 4.57. The summed E-state index contributed by atoms with van der Waals surface area (Å²) in [5.74, 6) is -0.0990. The van der Waals surface area contributed by atoms with Gasteiger partial charge in [-0.1, -0.05) is 6.07 Å². The van der Waals surface area contributed by atoms with Crippen LogP contribution in [-0.2, 0) is 14.3 Å². The molecule has 2 aromatic rings.